The topological polar surface area (TPSA) is 20.3 Å². The summed E-state index contributed by atoms with van der Waals surface area (Å²) in [5.74, 6) is 0.758. The van der Waals surface area contributed by atoms with Crippen molar-refractivity contribution in [2.24, 2.45) is 5.92 Å². The van der Waals surface area contributed by atoms with Crippen LogP contribution in [0.15, 0.2) is 12.2 Å². The summed E-state index contributed by atoms with van der Waals surface area (Å²) in [6, 6.07) is 0. The van der Waals surface area contributed by atoms with Gasteiger partial charge in [0.15, 0.2) is 0 Å². The molecule has 1 heterocycles. The first kappa shape index (κ1) is 8.79. The molecule has 72 valence electrons. The second-order valence-electron chi connectivity index (χ2n) is 4.03. The Balaban J connectivity index is 1.91. The second kappa shape index (κ2) is 3.95. The lowest BCUT2D eigenvalue weighted by molar-refractivity contribution is -0.134. The summed E-state index contributed by atoms with van der Waals surface area (Å²) in [5, 5.41) is 0. The molecule has 2 heteroatoms. The zero-order valence-corrected chi connectivity index (χ0v) is 8.04. The number of rotatable bonds is 1. The first-order valence-electron chi connectivity index (χ1n) is 5.32. The van der Waals surface area contributed by atoms with Crippen LogP contribution in [0.4, 0.5) is 0 Å². The highest BCUT2D eigenvalue weighted by Crippen LogP contribution is 2.26. The summed E-state index contributed by atoms with van der Waals surface area (Å²) in [4.78, 5) is 13.9. The number of hydrogen-bond acceptors (Lipinski definition) is 1. The summed E-state index contributed by atoms with van der Waals surface area (Å²) >= 11 is 0. The highest BCUT2D eigenvalue weighted by Gasteiger charge is 2.26. The lowest BCUT2D eigenvalue weighted by Crippen LogP contribution is -2.37. The summed E-state index contributed by atoms with van der Waals surface area (Å²) in [7, 11) is 0. The second-order valence-corrected chi connectivity index (χ2v) is 4.03. The summed E-state index contributed by atoms with van der Waals surface area (Å²) in [6.45, 7) is 1.78. The Morgan fingerprint density at radius 2 is 2.00 bits per heavy atom. The normalized spacial score (nSPS) is 23.8. The number of nitrogens with zero attached hydrogens (tertiary/aromatic N) is 1. The van der Waals surface area contributed by atoms with Gasteiger partial charge in [-0.25, -0.2) is 0 Å². The molecule has 2 nitrogen and oxygen atoms in total. The molecule has 0 bridgehead atoms. The third-order valence-corrected chi connectivity index (χ3v) is 3.07. The molecule has 1 saturated carbocycles. The highest BCUT2D eigenvalue weighted by molar-refractivity contribution is 5.79. The van der Waals surface area contributed by atoms with Gasteiger partial charge in [0.05, 0.1) is 0 Å². The maximum atomic E-state index is 11.9. The Morgan fingerprint density at radius 3 is 2.62 bits per heavy atom. The van der Waals surface area contributed by atoms with Crippen LogP contribution in [0.3, 0.4) is 0 Å². The molecule has 0 radical (unpaired) electrons. The van der Waals surface area contributed by atoms with E-state index in [1.807, 2.05) is 4.90 Å². The molecule has 0 aromatic rings. The van der Waals surface area contributed by atoms with Crippen molar-refractivity contribution >= 4 is 5.91 Å². The predicted molar refractivity (Wildman–Crippen MR) is 52.3 cm³/mol. The van der Waals surface area contributed by atoms with Crippen LogP contribution in [0.25, 0.3) is 0 Å². The number of amides is 1. The van der Waals surface area contributed by atoms with Crippen LogP contribution in [0.5, 0.6) is 0 Å². The Bertz CT molecular complexity index is 216. The van der Waals surface area contributed by atoms with Gasteiger partial charge in [0, 0.05) is 19.0 Å². The van der Waals surface area contributed by atoms with Crippen LogP contribution in [0, 0.1) is 5.92 Å². The van der Waals surface area contributed by atoms with Gasteiger partial charge in [-0.15, -0.1) is 0 Å². The average Bonchev–Trinajstić information content (AvgIpc) is 2.71. The average molecular weight is 179 g/mol. The molecule has 1 aliphatic heterocycles. The summed E-state index contributed by atoms with van der Waals surface area (Å²) < 4.78 is 0. The van der Waals surface area contributed by atoms with E-state index in [2.05, 4.69) is 12.2 Å². The van der Waals surface area contributed by atoms with Crippen LogP contribution in [0.2, 0.25) is 0 Å². The molecule has 2 aliphatic rings. The zero-order valence-electron chi connectivity index (χ0n) is 8.04. The standard InChI is InChI=1S/C11H17NO/c13-11(10-6-2-3-7-10)12-8-4-1-5-9-12/h1,4,10H,2-3,5-9H2. The van der Waals surface area contributed by atoms with Crippen molar-refractivity contribution in [3.8, 4) is 0 Å². The molecule has 0 aromatic heterocycles. The van der Waals surface area contributed by atoms with Crippen molar-refractivity contribution in [3.05, 3.63) is 12.2 Å². The molecule has 0 N–H and O–H groups in total. The van der Waals surface area contributed by atoms with Crippen LogP contribution in [0.1, 0.15) is 32.1 Å². The van der Waals surface area contributed by atoms with E-state index in [1.165, 1.54) is 12.8 Å². The molecule has 1 amide bonds. The third-order valence-electron chi connectivity index (χ3n) is 3.07. The highest BCUT2D eigenvalue weighted by atomic mass is 16.2. The van der Waals surface area contributed by atoms with E-state index < -0.39 is 0 Å². The van der Waals surface area contributed by atoms with Crippen molar-refractivity contribution in [1.29, 1.82) is 0 Å². The van der Waals surface area contributed by atoms with Crippen LogP contribution < -0.4 is 0 Å². The molecule has 0 atom stereocenters. The van der Waals surface area contributed by atoms with Crippen molar-refractivity contribution in [2.75, 3.05) is 13.1 Å². The molecule has 1 fully saturated rings. The summed E-state index contributed by atoms with van der Waals surface area (Å²) in [6.07, 6.45) is 10.1. The Hall–Kier alpha value is -0.790. The van der Waals surface area contributed by atoms with Gasteiger partial charge in [-0.05, 0) is 19.3 Å². The maximum absolute atomic E-state index is 11.9. The Kier molecular flexibility index (Phi) is 2.67. The fourth-order valence-electron chi connectivity index (χ4n) is 2.27. The van der Waals surface area contributed by atoms with Crippen molar-refractivity contribution in [3.63, 3.8) is 0 Å². The fourth-order valence-corrected chi connectivity index (χ4v) is 2.27. The van der Waals surface area contributed by atoms with Crippen LogP contribution >= 0.6 is 0 Å². The smallest absolute Gasteiger partial charge is 0.225 e. The number of carbonyl (C=O) groups excluding carboxylic acids is 1. The van der Waals surface area contributed by atoms with E-state index in [4.69, 9.17) is 0 Å². The largest absolute Gasteiger partial charge is 0.338 e. The SMILES string of the molecule is O=C(C1CCCC1)N1CC=CCC1. The molecular weight excluding hydrogens is 162 g/mol. The first-order chi connectivity index (χ1) is 6.38. The van der Waals surface area contributed by atoms with Crippen LogP contribution in [-0.4, -0.2) is 23.9 Å². The zero-order chi connectivity index (χ0) is 9.10. The molecule has 2 rings (SSSR count). The van der Waals surface area contributed by atoms with Gasteiger partial charge < -0.3 is 4.90 Å². The minimum atomic E-state index is 0.353. The monoisotopic (exact) mass is 179 g/mol. The third kappa shape index (κ3) is 1.93. The van der Waals surface area contributed by atoms with E-state index in [-0.39, 0.29) is 0 Å². The van der Waals surface area contributed by atoms with Gasteiger partial charge >= 0.3 is 0 Å². The quantitative estimate of drug-likeness (QED) is 0.563. The Morgan fingerprint density at radius 1 is 1.23 bits per heavy atom. The molecule has 1 aliphatic carbocycles. The van der Waals surface area contributed by atoms with E-state index in [9.17, 15) is 4.79 Å². The van der Waals surface area contributed by atoms with Gasteiger partial charge in [0.2, 0.25) is 5.91 Å². The van der Waals surface area contributed by atoms with Crippen molar-refractivity contribution in [1.82, 2.24) is 4.90 Å². The van der Waals surface area contributed by atoms with Crippen molar-refractivity contribution < 1.29 is 4.79 Å². The van der Waals surface area contributed by atoms with E-state index in [0.29, 0.717) is 11.8 Å². The van der Waals surface area contributed by atoms with Crippen molar-refractivity contribution in [2.45, 2.75) is 32.1 Å². The van der Waals surface area contributed by atoms with Gasteiger partial charge in [-0.3, -0.25) is 4.79 Å². The molecule has 0 aromatic carbocycles. The molecular formula is C11H17NO. The lowest BCUT2D eigenvalue weighted by Gasteiger charge is -2.26. The summed E-state index contributed by atoms with van der Waals surface area (Å²) in [5.41, 5.74) is 0. The van der Waals surface area contributed by atoms with Gasteiger partial charge in [0.1, 0.15) is 0 Å². The Labute approximate surface area is 79.6 Å². The molecule has 0 unspecified atom stereocenters. The van der Waals surface area contributed by atoms with Crippen LogP contribution in [-0.2, 0) is 4.79 Å². The molecule has 0 spiro atoms. The maximum Gasteiger partial charge on any atom is 0.225 e. The van der Waals surface area contributed by atoms with Gasteiger partial charge in [-0.2, -0.15) is 0 Å². The first-order valence-corrected chi connectivity index (χ1v) is 5.32. The minimum Gasteiger partial charge on any atom is -0.338 e. The molecule has 0 saturated heterocycles. The van der Waals surface area contributed by atoms with Gasteiger partial charge in [0.25, 0.3) is 0 Å². The lowest BCUT2D eigenvalue weighted by atomic mass is 10.1. The number of carbonyl (C=O) groups is 1. The fraction of sp³-hybridized carbons (Fsp3) is 0.727. The van der Waals surface area contributed by atoms with Gasteiger partial charge in [-0.1, -0.05) is 25.0 Å². The molecule has 13 heavy (non-hydrogen) atoms. The van der Waals surface area contributed by atoms with E-state index in [1.54, 1.807) is 0 Å². The minimum absolute atomic E-state index is 0.353. The van der Waals surface area contributed by atoms with E-state index in [0.717, 1.165) is 32.4 Å². The van der Waals surface area contributed by atoms with E-state index >= 15 is 0 Å². The predicted octanol–water partition coefficient (Wildman–Crippen LogP) is 1.97. The number of hydrogen-bond donors (Lipinski definition) is 0.